The predicted octanol–water partition coefficient (Wildman–Crippen LogP) is 3.62. The molecule has 8 heteroatoms. The van der Waals surface area contributed by atoms with Gasteiger partial charge in [-0.3, -0.25) is 20.6 Å². The molecule has 1 aromatic heterocycles. The van der Waals surface area contributed by atoms with Gasteiger partial charge in [-0.2, -0.15) is 13.2 Å². The minimum atomic E-state index is -4.51. The van der Waals surface area contributed by atoms with Crippen molar-refractivity contribution in [1.82, 2.24) is 10.4 Å². The summed E-state index contributed by atoms with van der Waals surface area (Å²) >= 11 is 3.15. The molecule has 0 aliphatic heterocycles. The van der Waals surface area contributed by atoms with Crippen molar-refractivity contribution in [2.24, 2.45) is 0 Å². The first-order valence-corrected chi connectivity index (χ1v) is 6.50. The maximum atomic E-state index is 12.8. The summed E-state index contributed by atoms with van der Waals surface area (Å²) in [6.45, 7) is 0. The SMILES string of the molecule is O=C(NNc1ccccc1C(F)(F)F)c1cncc(Br)c1. The first-order valence-electron chi connectivity index (χ1n) is 5.71. The van der Waals surface area contributed by atoms with E-state index in [2.05, 4.69) is 31.8 Å². The first-order chi connectivity index (χ1) is 9.88. The Morgan fingerprint density at radius 3 is 2.57 bits per heavy atom. The van der Waals surface area contributed by atoms with Gasteiger partial charge in [0.05, 0.1) is 16.8 Å². The van der Waals surface area contributed by atoms with Gasteiger partial charge in [0, 0.05) is 16.9 Å². The van der Waals surface area contributed by atoms with Crippen molar-refractivity contribution >= 4 is 27.5 Å². The van der Waals surface area contributed by atoms with Crippen molar-refractivity contribution in [3.63, 3.8) is 0 Å². The molecule has 0 atom stereocenters. The standard InChI is InChI=1S/C13H9BrF3N3O/c14-9-5-8(6-18-7-9)12(21)20-19-11-4-2-1-3-10(11)13(15,16)17/h1-7,19H,(H,20,21). The molecule has 4 nitrogen and oxygen atoms in total. The van der Waals surface area contributed by atoms with E-state index in [4.69, 9.17) is 0 Å². The maximum absolute atomic E-state index is 12.8. The highest BCUT2D eigenvalue weighted by molar-refractivity contribution is 9.10. The second kappa shape index (κ2) is 6.13. The molecular formula is C13H9BrF3N3O. The molecule has 0 fully saturated rings. The number of nitrogens with one attached hydrogen (secondary N) is 2. The van der Waals surface area contributed by atoms with Crippen LogP contribution in [0.15, 0.2) is 47.2 Å². The summed E-state index contributed by atoms with van der Waals surface area (Å²) in [5, 5.41) is 0. The van der Waals surface area contributed by atoms with E-state index in [0.717, 1.165) is 6.07 Å². The lowest BCUT2D eigenvalue weighted by atomic mass is 10.2. The van der Waals surface area contributed by atoms with Crippen molar-refractivity contribution in [2.45, 2.75) is 6.18 Å². The van der Waals surface area contributed by atoms with Gasteiger partial charge in [-0.15, -0.1) is 0 Å². The van der Waals surface area contributed by atoms with E-state index in [0.29, 0.717) is 4.47 Å². The largest absolute Gasteiger partial charge is 0.418 e. The molecule has 2 N–H and O–H groups in total. The Hall–Kier alpha value is -2.09. The fourth-order valence-electron chi connectivity index (χ4n) is 1.57. The van der Waals surface area contributed by atoms with Crippen LogP contribution < -0.4 is 10.9 Å². The summed E-state index contributed by atoms with van der Waals surface area (Å²) in [7, 11) is 0. The number of alkyl halides is 3. The van der Waals surface area contributed by atoms with Gasteiger partial charge in [0.15, 0.2) is 0 Å². The third kappa shape index (κ3) is 3.94. The van der Waals surface area contributed by atoms with E-state index >= 15 is 0 Å². The Morgan fingerprint density at radius 2 is 1.90 bits per heavy atom. The summed E-state index contributed by atoms with van der Waals surface area (Å²) in [4.78, 5) is 15.6. The average Bonchev–Trinajstić information content (AvgIpc) is 2.44. The number of para-hydroxylation sites is 1. The molecule has 2 aromatic rings. The minimum Gasteiger partial charge on any atom is -0.298 e. The first kappa shape index (κ1) is 15.3. The number of rotatable bonds is 3. The normalized spacial score (nSPS) is 11.0. The zero-order chi connectivity index (χ0) is 15.5. The summed E-state index contributed by atoms with van der Waals surface area (Å²) in [5.41, 5.74) is 3.59. The quantitative estimate of drug-likeness (QED) is 0.823. The highest BCUT2D eigenvalue weighted by atomic mass is 79.9. The van der Waals surface area contributed by atoms with Crippen LogP contribution in [0.1, 0.15) is 15.9 Å². The number of nitrogens with zero attached hydrogens (tertiary/aromatic N) is 1. The third-order valence-electron chi connectivity index (χ3n) is 2.51. The van der Waals surface area contributed by atoms with Crippen LogP contribution in [0.3, 0.4) is 0 Å². The number of aromatic nitrogens is 1. The maximum Gasteiger partial charge on any atom is 0.418 e. The lowest BCUT2D eigenvalue weighted by Crippen LogP contribution is -2.30. The van der Waals surface area contributed by atoms with E-state index in [9.17, 15) is 18.0 Å². The van der Waals surface area contributed by atoms with E-state index in [1.54, 1.807) is 0 Å². The van der Waals surface area contributed by atoms with Crippen LogP contribution in [0.5, 0.6) is 0 Å². The molecule has 2 rings (SSSR count). The molecule has 0 saturated heterocycles. The smallest absolute Gasteiger partial charge is 0.298 e. The van der Waals surface area contributed by atoms with Crippen LogP contribution in [0.2, 0.25) is 0 Å². The molecule has 1 heterocycles. The van der Waals surface area contributed by atoms with E-state index < -0.39 is 17.6 Å². The van der Waals surface area contributed by atoms with Gasteiger partial charge in [0.1, 0.15) is 0 Å². The number of amides is 1. The molecule has 0 bridgehead atoms. The van der Waals surface area contributed by atoms with Crippen LogP contribution in [-0.4, -0.2) is 10.9 Å². The Balaban J connectivity index is 2.12. The van der Waals surface area contributed by atoms with Gasteiger partial charge >= 0.3 is 6.18 Å². The lowest BCUT2D eigenvalue weighted by Gasteiger charge is -2.14. The molecule has 0 aliphatic carbocycles. The number of anilines is 1. The van der Waals surface area contributed by atoms with Gasteiger partial charge in [-0.1, -0.05) is 12.1 Å². The number of hydrazine groups is 1. The fraction of sp³-hybridized carbons (Fsp3) is 0.0769. The van der Waals surface area contributed by atoms with Gasteiger partial charge in [-0.25, -0.2) is 0 Å². The van der Waals surface area contributed by atoms with Crippen LogP contribution in [0, 0.1) is 0 Å². The molecule has 1 amide bonds. The zero-order valence-electron chi connectivity index (χ0n) is 10.4. The molecule has 0 saturated carbocycles. The van der Waals surface area contributed by atoms with Crippen LogP contribution in [-0.2, 0) is 6.18 Å². The second-order valence-electron chi connectivity index (χ2n) is 4.01. The molecular weight excluding hydrogens is 351 g/mol. The van der Waals surface area contributed by atoms with E-state index in [1.165, 1.54) is 36.7 Å². The molecule has 110 valence electrons. The Morgan fingerprint density at radius 1 is 1.19 bits per heavy atom. The van der Waals surface area contributed by atoms with Gasteiger partial charge in [0.25, 0.3) is 5.91 Å². The number of carbonyl (C=O) groups is 1. The summed E-state index contributed by atoms with van der Waals surface area (Å²) < 4.78 is 38.9. The van der Waals surface area contributed by atoms with Crippen molar-refractivity contribution in [3.8, 4) is 0 Å². The molecule has 0 radical (unpaired) electrons. The number of pyridine rings is 1. The fourth-order valence-corrected chi connectivity index (χ4v) is 1.94. The van der Waals surface area contributed by atoms with Gasteiger partial charge < -0.3 is 0 Å². The minimum absolute atomic E-state index is 0.210. The summed E-state index contributed by atoms with van der Waals surface area (Å²) in [6.07, 6.45) is -1.72. The van der Waals surface area contributed by atoms with Crippen molar-refractivity contribution < 1.29 is 18.0 Å². The van der Waals surface area contributed by atoms with Crippen LogP contribution >= 0.6 is 15.9 Å². The number of hydrogen-bond acceptors (Lipinski definition) is 3. The molecule has 0 aliphatic rings. The highest BCUT2D eigenvalue weighted by Crippen LogP contribution is 2.34. The number of carbonyl (C=O) groups excluding carboxylic acids is 1. The molecule has 1 aromatic carbocycles. The highest BCUT2D eigenvalue weighted by Gasteiger charge is 2.33. The Labute approximate surface area is 126 Å². The average molecular weight is 360 g/mol. The van der Waals surface area contributed by atoms with Gasteiger partial charge in [0.2, 0.25) is 0 Å². The monoisotopic (exact) mass is 359 g/mol. The van der Waals surface area contributed by atoms with E-state index in [1.807, 2.05) is 0 Å². The number of benzene rings is 1. The Bertz CT molecular complexity index is 661. The summed E-state index contributed by atoms with van der Waals surface area (Å²) in [6, 6.07) is 6.36. The van der Waals surface area contributed by atoms with Crippen LogP contribution in [0.25, 0.3) is 0 Å². The Kier molecular flexibility index (Phi) is 4.46. The van der Waals surface area contributed by atoms with Crippen molar-refractivity contribution in [3.05, 3.63) is 58.3 Å². The van der Waals surface area contributed by atoms with Gasteiger partial charge in [-0.05, 0) is 34.1 Å². The number of halogens is 4. The van der Waals surface area contributed by atoms with Crippen molar-refractivity contribution in [2.75, 3.05) is 5.43 Å². The predicted molar refractivity (Wildman–Crippen MR) is 74.5 cm³/mol. The summed E-state index contributed by atoms with van der Waals surface area (Å²) in [5.74, 6) is -0.597. The molecule has 0 spiro atoms. The molecule has 0 unspecified atom stereocenters. The topological polar surface area (TPSA) is 54.0 Å². The number of hydrogen-bond donors (Lipinski definition) is 2. The van der Waals surface area contributed by atoms with Crippen LogP contribution in [0.4, 0.5) is 18.9 Å². The van der Waals surface area contributed by atoms with E-state index in [-0.39, 0.29) is 11.3 Å². The third-order valence-corrected chi connectivity index (χ3v) is 2.94. The second-order valence-corrected chi connectivity index (χ2v) is 4.93. The zero-order valence-corrected chi connectivity index (χ0v) is 12.0. The van der Waals surface area contributed by atoms with Crippen molar-refractivity contribution in [1.29, 1.82) is 0 Å². The molecule has 21 heavy (non-hydrogen) atoms. The lowest BCUT2D eigenvalue weighted by molar-refractivity contribution is -0.137.